The molecule has 9 heteroatoms. The summed E-state index contributed by atoms with van der Waals surface area (Å²) < 4.78 is 6.38. The van der Waals surface area contributed by atoms with Crippen LogP contribution >= 0.6 is 0 Å². The van der Waals surface area contributed by atoms with Crippen molar-refractivity contribution < 1.29 is 9.53 Å². The van der Waals surface area contributed by atoms with E-state index in [1.807, 2.05) is 11.0 Å². The molecule has 3 saturated heterocycles. The minimum absolute atomic E-state index is 0.00496. The molecule has 0 bridgehead atoms. The average Bonchev–Trinajstić information content (AvgIpc) is 3.81. The summed E-state index contributed by atoms with van der Waals surface area (Å²) in [7, 11) is 2.17. The Morgan fingerprint density at radius 3 is 2.73 bits per heavy atom. The predicted molar refractivity (Wildman–Crippen MR) is 174 cm³/mol. The number of hydrogen-bond donors (Lipinski definition) is 0. The number of aromatic nitrogens is 2. The molecule has 9 nitrogen and oxygen atoms in total. The predicted octanol–water partition coefficient (Wildman–Crippen LogP) is 3.91. The van der Waals surface area contributed by atoms with Crippen LogP contribution in [0.25, 0.3) is 0 Å². The number of likely N-dealkylation sites (tertiary alicyclic amines) is 2. The van der Waals surface area contributed by atoms with Crippen molar-refractivity contribution in [2.45, 2.75) is 81.7 Å². The summed E-state index contributed by atoms with van der Waals surface area (Å²) >= 11 is 0. The van der Waals surface area contributed by atoms with Crippen molar-refractivity contribution in [3.8, 4) is 12.1 Å². The van der Waals surface area contributed by atoms with Crippen LogP contribution in [0, 0.1) is 11.3 Å². The first-order valence-electron chi connectivity index (χ1n) is 17.2. The number of amides is 1. The van der Waals surface area contributed by atoms with Crippen LogP contribution in [0.2, 0.25) is 0 Å². The number of carbonyl (C=O) groups is 1. The second kappa shape index (κ2) is 13.1. The van der Waals surface area contributed by atoms with Gasteiger partial charge in [-0.15, -0.1) is 0 Å². The van der Waals surface area contributed by atoms with Gasteiger partial charge in [0.2, 0.25) is 5.91 Å². The van der Waals surface area contributed by atoms with Crippen LogP contribution in [-0.4, -0.2) is 102 Å². The molecule has 45 heavy (non-hydrogen) atoms. The lowest BCUT2D eigenvalue weighted by Gasteiger charge is -2.42. The molecule has 1 spiro atoms. The fourth-order valence-corrected chi connectivity index (χ4v) is 8.55. The van der Waals surface area contributed by atoms with Crippen LogP contribution in [-0.2, 0) is 29.5 Å². The third-order valence-corrected chi connectivity index (χ3v) is 11.2. The summed E-state index contributed by atoms with van der Waals surface area (Å²) in [6, 6.07) is 12.0. The molecule has 2 aromatic rings. The molecular formula is C36H47N7O2. The zero-order valence-electron chi connectivity index (χ0n) is 26.8. The molecule has 238 valence electrons. The van der Waals surface area contributed by atoms with Gasteiger partial charge >= 0.3 is 6.01 Å². The lowest BCUT2D eigenvalue weighted by Crippen LogP contribution is -2.55. The van der Waals surface area contributed by atoms with Gasteiger partial charge in [0.1, 0.15) is 12.4 Å². The first-order chi connectivity index (χ1) is 22.0. The van der Waals surface area contributed by atoms with Crippen LogP contribution in [0.15, 0.2) is 36.4 Å². The molecule has 5 aliphatic rings. The number of nitrogens with zero attached hydrogens (tertiary/aromatic N) is 7. The summed E-state index contributed by atoms with van der Waals surface area (Å²) in [5.41, 5.74) is 5.42. The first-order valence-corrected chi connectivity index (χ1v) is 17.2. The molecule has 0 N–H and O–H groups in total. The standard InChI is InChI=1S/C36H47N7O2/c1-40-18-6-9-29(40)26-45-35-38-32-24-36(15-12-27-8-2-3-10-31(27)36)16-13-30(32)34(39-35)42-22-23-43(28(25-42)14-17-37)33(44)11-7-21-41-19-4-5-20-41/h2-3,7-8,10-11,28-29H,4-6,9,12-16,18-26H2,1H3/b11-7+/t28-,29-,36?/m0/s1. The molecule has 3 fully saturated rings. The van der Waals surface area contributed by atoms with Gasteiger partial charge in [0.15, 0.2) is 0 Å². The van der Waals surface area contributed by atoms with Gasteiger partial charge in [-0.3, -0.25) is 9.69 Å². The number of carbonyl (C=O) groups excluding carboxylic acids is 1. The van der Waals surface area contributed by atoms with Gasteiger partial charge in [0, 0.05) is 49.3 Å². The Kier molecular flexibility index (Phi) is 8.78. The number of rotatable bonds is 8. The van der Waals surface area contributed by atoms with Gasteiger partial charge in [-0.2, -0.15) is 15.2 Å². The third-order valence-electron chi connectivity index (χ3n) is 11.2. The highest BCUT2D eigenvalue weighted by Crippen LogP contribution is 2.48. The van der Waals surface area contributed by atoms with Crippen molar-refractivity contribution in [1.82, 2.24) is 24.7 Å². The molecule has 1 aromatic heterocycles. The van der Waals surface area contributed by atoms with Crippen molar-refractivity contribution in [2.24, 2.45) is 0 Å². The maximum Gasteiger partial charge on any atom is 0.318 e. The average molecular weight is 610 g/mol. The molecule has 3 aliphatic heterocycles. The second-order valence-corrected chi connectivity index (χ2v) is 13.9. The fraction of sp³-hybridized carbons (Fsp3) is 0.611. The Hall–Kier alpha value is -3.48. The van der Waals surface area contributed by atoms with E-state index in [9.17, 15) is 10.1 Å². The fourth-order valence-electron chi connectivity index (χ4n) is 8.55. The minimum Gasteiger partial charge on any atom is -0.462 e. The largest absolute Gasteiger partial charge is 0.462 e. The highest BCUT2D eigenvalue weighted by atomic mass is 16.5. The third kappa shape index (κ3) is 6.19. The number of aryl methyl sites for hydroxylation is 1. The lowest BCUT2D eigenvalue weighted by molar-refractivity contribution is -0.128. The number of likely N-dealkylation sites (N-methyl/N-ethyl adjacent to an activating group) is 1. The zero-order valence-corrected chi connectivity index (χ0v) is 26.8. The van der Waals surface area contributed by atoms with Crippen LogP contribution < -0.4 is 9.64 Å². The first kappa shape index (κ1) is 30.2. The summed E-state index contributed by atoms with van der Waals surface area (Å²) in [6.45, 7) is 6.54. The van der Waals surface area contributed by atoms with E-state index in [0.29, 0.717) is 44.7 Å². The van der Waals surface area contributed by atoms with Crippen molar-refractivity contribution in [3.05, 3.63) is 58.8 Å². The highest BCUT2D eigenvalue weighted by Gasteiger charge is 2.43. The smallest absolute Gasteiger partial charge is 0.318 e. The van der Waals surface area contributed by atoms with Gasteiger partial charge < -0.3 is 19.4 Å². The Bertz CT molecular complexity index is 1460. The van der Waals surface area contributed by atoms with Gasteiger partial charge in [-0.25, -0.2) is 0 Å². The molecule has 0 radical (unpaired) electrons. The Balaban J connectivity index is 1.14. The SMILES string of the molecule is CN1CCC[C@H]1COc1nc2c(c(N3CCN(C(=O)/C=C/CN4CCCC4)[C@@H](CC#N)C3)n1)CCC1(CCc3ccccc31)C2. The van der Waals surface area contributed by atoms with E-state index in [1.54, 1.807) is 6.08 Å². The quantitative estimate of drug-likeness (QED) is 0.417. The number of ether oxygens (including phenoxy) is 1. The van der Waals surface area contributed by atoms with Crippen LogP contribution in [0.4, 0.5) is 5.82 Å². The maximum atomic E-state index is 13.3. The molecule has 1 aromatic carbocycles. The van der Waals surface area contributed by atoms with Crippen molar-refractivity contribution in [1.29, 1.82) is 5.26 Å². The van der Waals surface area contributed by atoms with E-state index < -0.39 is 0 Å². The van der Waals surface area contributed by atoms with Gasteiger partial charge in [0.25, 0.3) is 0 Å². The Morgan fingerprint density at radius 1 is 1.07 bits per heavy atom. The monoisotopic (exact) mass is 609 g/mol. The number of anilines is 1. The number of piperazine rings is 1. The molecule has 2 aliphatic carbocycles. The normalized spacial score (nSPS) is 26.8. The number of hydrogen-bond acceptors (Lipinski definition) is 8. The molecule has 7 rings (SSSR count). The highest BCUT2D eigenvalue weighted by molar-refractivity contribution is 5.88. The van der Waals surface area contributed by atoms with Crippen molar-refractivity contribution in [2.75, 3.05) is 64.4 Å². The Morgan fingerprint density at radius 2 is 1.91 bits per heavy atom. The van der Waals surface area contributed by atoms with E-state index >= 15 is 0 Å². The summed E-state index contributed by atoms with van der Waals surface area (Å²) in [5, 5.41) is 9.74. The molecule has 4 heterocycles. The summed E-state index contributed by atoms with van der Waals surface area (Å²) in [4.78, 5) is 32.4. The van der Waals surface area contributed by atoms with Crippen molar-refractivity contribution >= 4 is 11.7 Å². The summed E-state index contributed by atoms with van der Waals surface area (Å²) in [5.74, 6) is 0.945. The van der Waals surface area contributed by atoms with Gasteiger partial charge in [-0.1, -0.05) is 30.3 Å². The Labute approximate surface area is 267 Å². The van der Waals surface area contributed by atoms with E-state index in [1.165, 1.54) is 36.0 Å². The number of benzene rings is 1. The molecule has 3 atom stereocenters. The van der Waals surface area contributed by atoms with Gasteiger partial charge in [-0.05, 0) is 95.6 Å². The van der Waals surface area contributed by atoms with E-state index in [4.69, 9.17) is 14.7 Å². The van der Waals surface area contributed by atoms with E-state index in [0.717, 1.165) is 76.2 Å². The summed E-state index contributed by atoms with van der Waals surface area (Å²) in [6.07, 6.45) is 14.0. The maximum absolute atomic E-state index is 13.3. The lowest BCUT2D eigenvalue weighted by atomic mass is 9.69. The van der Waals surface area contributed by atoms with Gasteiger partial charge in [0.05, 0.1) is 24.2 Å². The zero-order chi connectivity index (χ0) is 30.8. The number of fused-ring (bicyclic) bond motifs is 3. The topological polar surface area (TPSA) is 88.8 Å². The number of nitriles is 1. The minimum atomic E-state index is -0.188. The van der Waals surface area contributed by atoms with Crippen LogP contribution in [0.3, 0.4) is 0 Å². The van der Waals surface area contributed by atoms with Crippen LogP contribution in [0.5, 0.6) is 6.01 Å². The molecule has 1 unspecified atom stereocenters. The second-order valence-electron chi connectivity index (χ2n) is 13.9. The van der Waals surface area contributed by atoms with E-state index in [2.05, 4.69) is 52.1 Å². The molecule has 0 saturated carbocycles. The van der Waals surface area contributed by atoms with E-state index in [-0.39, 0.29) is 17.4 Å². The van der Waals surface area contributed by atoms with Crippen molar-refractivity contribution in [3.63, 3.8) is 0 Å². The van der Waals surface area contributed by atoms with Crippen LogP contribution in [0.1, 0.15) is 67.3 Å². The molecular weight excluding hydrogens is 562 g/mol. The molecule has 1 amide bonds.